The lowest BCUT2D eigenvalue weighted by Crippen LogP contribution is -2.07. The minimum absolute atomic E-state index is 0.653. The first-order valence-corrected chi connectivity index (χ1v) is 6.91. The summed E-state index contributed by atoms with van der Waals surface area (Å²) in [5, 5.41) is 4.43. The van der Waals surface area contributed by atoms with Crippen LogP contribution in [0.2, 0.25) is 0 Å². The van der Waals surface area contributed by atoms with Crippen molar-refractivity contribution in [2.45, 2.75) is 13.5 Å². The lowest BCUT2D eigenvalue weighted by Gasteiger charge is -2.09. The standard InChI is InChI=1S/C16H18N4O/c1-12-11-20(7-8-21-2)16(18-12)19-14-9-13-5-3-4-6-15(13)17-10-14/h3-6,9-11H,7-8H2,1-2H3,(H,18,19). The summed E-state index contributed by atoms with van der Waals surface area (Å²) in [6.45, 7) is 3.40. The molecule has 2 aromatic heterocycles. The summed E-state index contributed by atoms with van der Waals surface area (Å²) in [5.41, 5.74) is 2.89. The molecule has 3 rings (SSSR count). The predicted molar refractivity (Wildman–Crippen MR) is 83.9 cm³/mol. The van der Waals surface area contributed by atoms with Gasteiger partial charge in [0, 0.05) is 25.2 Å². The van der Waals surface area contributed by atoms with Crippen molar-refractivity contribution in [3.63, 3.8) is 0 Å². The fourth-order valence-electron chi connectivity index (χ4n) is 2.28. The van der Waals surface area contributed by atoms with E-state index < -0.39 is 0 Å². The fourth-order valence-corrected chi connectivity index (χ4v) is 2.28. The Kier molecular flexibility index (Phi) is 3.83. The van der Waals surface area contributed by atoms with Crippen molar-refractivity contribution in [1.82, 2.24) is 14.5 Å². The molecule has 21 heavy (non-hydrogen) atoms. The van der Waals surface area contributed by atoms with Crippen molar-refractivity contribution in [2.24, 2.45) is 0 Å². The Hall–Kier alpha value is -2.40. The highest BCUT2D eigenvalue weighted by Crippen LogP contribution is 2.20. The molecule has 5 heteroatoms. The molecule has 5 nitrogen and oxygen atoms in total. The van der Waals surface area contributed by atoms with E-state index >= 15 is 0 Å². The predicted octanol–water partition coefficient (Wildman–Crippen LogP) is 3.13. The third-order valence-electron chi connectivity index (χ3n) is 3.28. The topological polar surface area (TPSA) is 52.0 Å². The second-order valence-corrected chi connectivity index (χ2v) is 4.93. The zero-order chi connectivity index (χ0) is 14.7. The summed E-state index contributed by atoms with van der Waals surface area (Å²) in [5.74, 6) is 0.807. The quantitative estimate of drug-likeness (QED) is 0.781. The Morgan fingerprint density at radius 3 is 3.00 bits per heavy atom. The Balaban J connectivity index is 1.87. The Bertz CT molecular complexity index is 751. The van der Waals surface area contributed by atoms with Crippen molar-refractivity contribution in [3.05, 3.63) is 48.4 Å². The highest BCUT2D eigenvalue weighted by Gasteiger charge is 2.06. The Labute approximate surface area is 123 Å². The van der Waals surface area contributed by atoms with Crippen LogP contribution in [0.15, 0.2) is 42.7 Å². The molecule has 0 amide bonds. The SMILES string of the molecule is COCCn1cc(C)nc1Nc1cnc2ccccc2c1. The van der Waals surface area contributed by atoms with Crippen LogP contribution in [0.5, 0.6) is 0 Å². The summed E-state index contributed by atoms with van der Waals surface area (Å²) in [7, 11) is 1.70. The smallest absolute Gasteiger partial charge is 0.207 e. The van der Waals surface area contributed by atoms with Crippen molar-refractivity contribution >= 4 is 22.5 Å². The summed E-state index contributed by atoms with van der Waals surface area (Å²) in [6.07, 6.45) is 3.84. The fraction of sp³-hybridized carbons (Fsp3) is 0.250. The summed E-state index contributed by atoms with van der Waals surface area (Å²) in [4.78, 5) is 8.96. The number of nitrogens with zero attached hydrogens (tertiary/aromatic N) is 3. The minimum Gasteiger partial charge on any atom is -0.383 e. The van der Waals surface area contributed by atoms with Crippen LogP contribution < -0.4 is 5.32 Å². The number of benzene rings is 1. The van der Waals surface area contributed by atoms with Crippen LogP contribution in [0.25, 0.3) is 10.9 Å². The minimum atomic E-state index is 0.653. The largest absolute Gasteiger partial charge is 0.383 e. The number of para-hydroxylation sites is 1. The number of ether oxygens (including phenoxy) is 1. The van der Waals surface area contributed by atoms with E-state index in [1.54, 1.807) is 7.11 Å². The van der Waals surface area contributed by atoms with Crippen LogP contribution >= 0.6 is 0 Å². The maximum atomic E-state index is 5.13. The van der Waals surface area contributed by atoms with Gasteiger partial charge in [0.25, 0.3) is 0 Å². The van der Waals surface area contributed by atoms with E-state index in [9.17, 15) is 0 Å². The molecule has 0 unspecified atom stereocenters. The Morgan fingerprint density at radius 2 is 2.14 bits per heavy atom. The van der Waals surface area contributed by atoms with Gasteiger partial charge in [0.2, 0.25) is 5.95 Å². The van der Waals surface area contributed by atoms with Crippen LogP contribution in [0.4, 0.5) is 11.6 Å². The maximum Gasteiger partial charge on any atom is 0.207 e. The molecule has 0 atom stereocenters. The van der Waals surface area contributed by atoms with Crippen molar-refractivity contribution in [2.75, 3.05) is 19.0 Å². The van der Waals surface area contributed by atoms with Crippen LogP contribution in [-0.4, -0.2) is 28.3 Å². The number of fused-ring (bicyclic) bond motifs is 1. The second kappa shape index (κ2) is 5.93. The molecular weight excluding hydrogens is 264 g/mol. The maximum absolute atomic E-state index is 5.13. The number of pyridine rings is 1. The number of imidazole rings is 1. The number of methoxy groups -OCH3 is 1. The van der Waals surface area contributed by atoms with Gasteiger partial charge in [-0.15, -0.1) is 0 Å². The molecule has 0 saturated carbocycles. The molecule has 1 N–H and O–H groups in total. The van der Waals surface area contributed by atoms with Crippen molar-refractivity contribution in [3.8, 4) is 0 Å². The molecule has 3 aromatic rings. The summed E-state index contributed by atoms with van der Waals surface area (Å²) < 4.78 is 7.18. The van der Waals surface area contributed by atoms with Crippen LogP contribution in [0.1, 0.15) is 5.69 Å². The number of hydrogen-bond donors (Lipinski definition) is 1. The van der Waals surface area contributed by atoms with Crippen molar-refractivity contribution < 1.29 is 4.74 Å². The third-order valence-corrected chi connectivity index (χ3v) is 3.28. The van der Waals surface area contributed by atoms with Crippen LogP contribution in [0, 0.1) is 6.92 Å². The summed E-state index contributed by atoms with van der Waals surface area (Å²) in [6, 6.07) is 10.1. The first-order valence-electron chi connectivity index (χ1n) is 6.91. The van der Waals surface area contributed by atoms with Gasteiger partial charge in [0.15, 0.2) is 0 Å². The van der Waals surface area contributed by atoms with Crippen LogP contribution in [0.3, 0.4) is 0 Å². The molecule has 0 aliphatic rings. The van der Waals surface area contributed by atoms with Gasteiger partial charge in [-0.3, -0.25) is 4.98 Å². The zero-order valence-electron chi connectivity index (χ0n) is 12.2. The van der Waals surface area contributed by atoms with Gasteiger partial charge in [-0.25, -0.2) is 4.98 Å². The number of anilines is 2. The number of hydrogen-bond acceptors (Lipinski definition) is 4. The molecule has 108 valence electrons. The second-order valence-electron chi connectivity index (χ2n) is 4.93. The first kappa shape index (κ1) is 13.6. The molecule has 0 radical (unpaired) electrons. The van der Waals surface area contributed by atoms with Gasteiger partial charge in [0.1, 0.15) is 0 Å². The average Bonchev–Trinajstić information content (AvgIpc) is 2.84. The van der Waals surface area contributed by atoms with Gasteiger partial charge in [0.05, 0.1) is 29.7 Å². The number of aromatic nitrogens is 3. The number of nitrogens with one attached hydrogen (secondary N) is 1. The van der Waals surface area contributed by atoms with E-state index in [-0.39, 0.29) is 0 Å². The van der Waals surface area contributed by atoms with Gasteiger partial charge in [-0.1, -0.05) is 18.2 Å². The van der Waals surface area contributed by atoms with E-state index in [1.165, 1.54) is 0 Å². The van der Waals surface area contributed by atoms with Gasteiger partial charge in [-0.2, -0.15) is 0 Å². The molecule has 0 bridgehead atoms. The molecule has 0 fully saturated rings. The van der Waals surface area contributed by atoms with E-state index in [4.69, 9.17) is 4.74 Å². The highest BCUT2D eigenvalue weighted by molar-refractivity contribution is 5.82. The Morgan fingerprint density at radius 1 is 1.29 bits per heavy atom. The first-order chi connectivity index (χ1) is 10.3. The molecule has 0 aliphatic heterocycles. The highest BCUT2D eigenvalue weighted by atomic mass is 16.5. The lowest BCUT2D eigenvalue weighted by molar-refractivity contribution is 0.188. The van der Waals surface area contributed by atoms with E-state index in [0.29, 0.717) is 6.61 Å². The molecule has 0 saturated heterocycles. The van der Waals surface area contributed by atoms with E-state index in [0.717, 1.165) is 34.8 Å². The van der Waals surface area contributed by atoms with E-state index in [1.807, 2.05) is 42.1 Å². The molecule has 1 aromatic carbocycles. The average molecular weight is 282 g/mol. The number of aryl methyl sites for hydroxylation is 1. The third kappa shape index (κ3) is 3.03. The summed E-state index contributed by atoms with van der Waals surface area (Å²) >= 11 is 0. The van der Waals surface area contributed by atoms with E-state index in [2.05, 4.69) is 27.4 Å². The molecular formula is C16H18N4O. The molecule has 0 spiro atoms. The molecule has 0 aliphatic carbocycles. The van der Waals surface area contributed by atoms with Crippen LogP contribution in [-0.2, 0) is 11.3 Å². The lowest BCUT2D eigenvalue weighted by atomic mass is 10.2. The molecule has 2 heterocycles. The normalized spacial score (nSPS) is 11.0. The van der Waals surface area contributed by atoms with Gasteiger partial charge >= 0.3 is 0 Å². The monoisotopic (exact) mass is 282 g/mol. The number of rotatable bonds is 5. The zero-order valence-corrected chi connectivity index (χ0v) is 12.2. The van der Waals surface area contributed by atoms with Crippen molar-refractivity contribution in [1.29, 1.82) is 0 Å². The van der Waals surface area contributed by atoms with Gasteiger partial charge < -0.3 is 14.6 Å². The van der Waals surface area contributed by atoms with Gasteiger partial charge in [-0.05, 0) is 19.1 Å².